The van der Waals surface area contributed by atoms with Gasteiger partial charge in [0.25, 0.3) is 0 Å². The molecule has 4 nitrogen and oxygen atoms in total. The first kappa shape index (κ1) is 12.0. The number of rotatable bonds is 5. The van der Waals surface area contributed by atoms with E-state index in [1.54, 1.807) is 7.11 Å². The van der Waals surface area contributed by atoms with Crippen molar-refractivity contribution in [2.75, 3.05) is 31.3 Å². The summed E-state index contributed by atoms with van der Waals surface area (Å²) >= 11 is 0. The standard InChI is InChI=1S/C13H20N2O2/c1-16-13-8-10(14)7-11(9-13)15-5-4-12-3-2-6-17-12/h7-9,12,15H,2-6,14H2,1H3. The molecule has 0 bridgehead atoms. The van der Waals surface area contributed by atoms with Gasteiger partial charge >= 0.3 is 0 Å². The summed E-state index contributed by atoms with van der Waals surface area (Å²) in [6, 6.07) is 5.68. The number of nitrogen functional groups attached to an aromatic ring is 1. The molecule has 0 aliphatic carbocycles. The fourth-order valence-electron chi connectivity index (χ4n) is 2.09. The molecule has 1 aromatic carbocycles. The van der Waals surface area contributed by atoms with E-state index < -0.39 is 0 Å². The van der Waals surface area contributed by atoms with Crippen molar-refractivity contribution in [1.29, 1.82) is 0 Å². The quantitative estimate of drug-likeness (QED) is 0.770. The molecule has 0 saturated carbocycles. The lowest BCUT2D eigenvalue weighted by Crippen LogP contribution is -2.12. The van der Waals surface area contributed by atoms with Crippen molar-refractivity contribution in [1.82, 2.24) is 0 Å². The Labute approximate surface area is 102 Å². The molecule has 1 fully saturated rings. The zero-order chi connectivity index (χ0) is 12.1. The van der Waals surface area contributed by atoms with Crippen LogP contribution in [0.1, 0.15) is 19.3 Å². The molecule has 1 aliphatic heterocycles. The summed E-state index contributed by atoms with van der Waals surface area (Å²) in [4.78, 5) is 0. The largest absolute Gasteiger partial charge is 0.497 e. The van der Waals surface area contributed by atoms with E-state index in [0.29, 0.717) is 11.8 Å². The summed E-state index contributed by atoms with van der Waals surface area (Å²) in [5.41, 5.74) is 7.50. The number of anilines is 2. The molecular weight excluding hydrogens is 216 g/mol. The molecule has 1 atom stereocenters. The molecule has 1 heterocycles. The second-order valence-electron chi connectivity index (χ2n) is 4.35. The highest BCUT2D eigenvalue weighted by atomic mass is 16.5. The van der Waals surface area contributed by atoms with Crippen molar-refractivity contribution < 1.29 is 9.47 Å². The van der Waals surface area contributed by atoms with E-state index in [1.807, 2.05) is 18.2 Å². The Morgan fingerprint density at radius 1 is 1.47 bits per heavy atom. The number of benzene rings is 1. The van der Waals surface area contributed by atoms with Gasteiger partial charge < -0.3 is 20.5 Å². The maximum atomic E-state index is 5.78. The van der Waals surface area contributed by atoms with E-state index in [1.165, 1.54) is 12.8 Å². The van der Waals surface area contributed by atoms with Gasteiger partial charge in [-0.25, -0.2) is 0 Å². The SMILES string of the molecule is COc1cc(N)cc(NCCC2CCCO2)c1. The van der Waals surface area contributed by atoms with Crippen LogP contribution < -0.4 is 15.8 Å². The minimum atomic E-state index is 0.422. The fraction of sp³-hybridized carbons (Fsp3) is 0.538. The summed E-state index contributed by atoms with van der Waals surface area (Å²) in [5.74, 6) is 0.782. The molecule has 0 radical (unpaired) electrons. The van der Waals surface area contributed by atoms with E-state index in [2.05, 4.69) is 5.32 Å². The van der Waals surface area contributed by atoms with Crippen LogP contribution in [-0.4, -0.2) is 26.4 Å². The van der Waals surface area contributed by atoms with Crippen molar-refractivity contribution in [2.24, 2.45) is 0 Å². The molecule has 1 aromatic rings. The third-order valence-electron chi connectivity index (χ3n) is 2.98. The molecule has 1 unspecified atom stereocenters. The van der Waals surface area contributed by atoms with Gasteiger partial charge in [0, 0.05) is 36.7 Å². The first-order valence-corrected chi connectivity index (χ1v) is 6.08. The molecule has 1 aliphatic rings. The van der Waals surface area contributed by atoms with Gasteiger partial charge in [-0.2, -0.15) is 0 Å². The van der Waals surface area contributed by atoms with Gasteiger partial charge in [-0.05, 0) is 25.3 Å². The Balaban J connectivity index is 1.83. The molecule has 0 spiro atoms. The Kier molecular flexibility index (Phi) is 4.09. The van der Waals surface area contributed by atoms with E-state index in [9.17, 15) is 0 Å². The van der Waals surface area contributed by atoms with Gasteiger partial charge in [0.1, 0.15) is 5.75 Å². The smallest absolute Gasteiger partial charge is 0.122 e. The molecule has 4 heteroatoms. The van der Waals surface area contributed by atoms with Crippen molar-refractivity contribution in [3.8, 4) is 5.75 Å². The van der Waals surface area contributed by atoms with Crippen LogP contribution in [0.4, 0.5) is 11.4 Å². The van der Waals surface area contributed by atoms with E-state index in [0.717, 1.165) is 31.0 Å². The van der Waals surface area contributed by atoms with E-state index in [-0.39, 0.29) is 0 Å². The summed E-state index contributed by atoms with van der Waals surface area (Å²) < 4.78 is 10.7. The third kappa shape index (κ3) is 3.53. The van der Waals surface area contributed by atoms with Crippen LogP contribution in [0, 0.1) is 0 Å². The van der Waals surface area contributed by atoms with E-state index >= 15 is 0 Å². The molecule has 3 N–H and O–H groups in total. The number of hydrogen-bond donors (Lipinski definition) is 2. The maximum absolute atomic E-state index is 5.78. The zero-order valence-electron chi connectivity index (χ0n) is 10.2. The van der Waals surface area contributed by atoms with Crippen molar-refractivity contribution >= 4 is 11.4 Å². The lowest BCUT2D eigenvalue weighted by atomic mass is 10.2. The molecule has 2 rings (SSSR count). The van der Waals surface area contributed by atoms with Crippen LogP contribution in [0.5, 0.6) is 5.75 Å². The minimum Gasteiger partial charge on any atom is -0.497 e. The van der Waals surface area contributed by atoms with Gasteiger partial charge in [-0.3, -0.25) is 0 Å². The molecule has 94 valence electrons. The second kappa shape index (κ2) is 5.77. The molecule has 0 amide bonds. The van der Waals surface area contributed by atoms with Gasteiger partial charge in [0.2, 0.25) is 0 Å². The lowest BCUT2D eigenvalue weighted by Gasteiger charge is -2.12. The van der Waals surface area contributed by atoms with Crippen molar-refractivity contribution in [3.63, 3.8) is 0 Å². The first-order chi connectivity index (χ1) is 8.28. The van der Waals surface area contributed by atoms with E-state index in [4.69, 9.17) is 15.2 Å². The summed E-state index contributed by atoms with van der Waals surface area (Å²) in [6.07, 6.45) is 3.83. The number of nitrogens with two attached hydrogens (primary N) is 1. The fourth-order valence-corrected chi connectivity index (χ4v) is 2.09. The topological polar surface area (TPSA) is 56.5 Å². The summed E-state index contributed by atoms with van der Waals surface area (Å²) in [5, 5.41) is 3.35. The number of nitrogens with one attached hydrogen (secondary N) is 1. The number of ether oxygens (including phenoxy) is 2. The van der Waals surface area contributed by atoms with Crippen molar-refractivity contribution in [2.45, 2.75) is 25.4 Å². The predicted molar refractivity (Wildman–Crippen MR) is 69.5 cm³/mol. The first-order valence-electron chi connectivity index (χ1n) is 6.08. The molecule has 17 heavy (non-hydrogen) atoms. The van der Waals surface area contributed by atoms with Gasteiger partial charge in [0.15, 0.2) is 0 Å². The number of hydrogen-bond acceptors (Lipinski definition) is 4. The van der Waals surface area contributed by atoms with Gasteiger partial charge in [-0.15, -0.1) is 0 Å². The predicted octanol–water partition coefficient (Wildman–Crippen LogP) is 2.26. The normalized spacial score (nSPS) is 19.2. The Morgan fingerprint density at radius 3 is 3.06 bits per heavy atom. The van der Waals surface area contributed by atoms with Crippen LogP contribution in [0.15, 0.2) is 18.2 Å². The van der Waals surface area contributed by atoms with Crippen LogP contribution >= 0.6 is 0 Å². The van der Waals surface area contributed by atoms with Crippen LogP contribution in [0.2, 0.25) is 0 Å². The molecule has 0 aromatic heterocycles. The summed E-state index contributed by atoms with van der Waals surface area (Å²) in [7, 11) is 1.64. The average molecular weight is 236 g/mol. The monoisotopic (exact) mass is 236 g/mol. The maximum Gasteiger partial charge on any atom is 0.122 e. The zero-order valence-corrected chi connectivity index (χ0v) is 10.2. The highest BCUT2D eigenvalue weighted by Crippen LogP contribution is 2.22. The highest BCUT2D eigenvalue weighted by molar-refractivity contribution is 5.59. The van der Waals surface area contributed by atoms with Gasteiger partial charge in [0.05, 0.1) is 13.2 Å². The minimum absolute atomic E-state index is 0.422. The highest BCUT2D eigenvalue weighted by Gasteiger charge is 2.14. The van der Waals surface area contributed by atoms with Crippen LogP contribution in [0.25, 0.3) is 0 Å². The van der Waals surface area contributed by atoms with Crippen molar-refractivity contribution in [3.05, 3.63) is 18.2 Å². The Bertz CT molecular complexity index is 362. The molecular formula is C13H20N2O2. The second-order valence-corrected chi connectivity index (χ2v) is 4.35. The van der Waals surface area contributed by atoms with Crippen LogP contribution in [-0.2, 0) is 4.74 Å². The third-order valence-corrected chi connectivity index (χ3v) is 2.98. The number of methoxy groups -OCH3 is 1. The summed E-state index contributed by atoms with van der Waals surface area (Å²) in [6.45, 7) is 1.81. The Morgan fingerprint density at radius 2 is 2.35 bits per heavy atom. The van der Waals surface area contributed by atoms with Crippen LogP contribution in [0.3, 0.4) is 0 Å². The molecule has 1 saturated heterocycles. The Hall–Kier alpha value is -1.42. The average Bonchev–Trinajstić information content (AvgIpc) is 2.81. The van der Waals surface area contributed by atoms with Gasteiger partial charge in [-0.1, -0.05) is 0 Å². The lowest BCUT2D eigenvalue weighted by molar-refractivity contribution is 0.107.